The van der Waals surface area contributed by atoms with Gasteiger partial charge in [0.05, 0.1) is 10.6 Å². The highest BCUT2D eigenvalue weighted by molar-refractivity contribution is 7.89. The third-order valence-electron chi connectivity index (χ3n) is 4.29. The SMILES string of the molecule is CN1CCN(S(=O)(=O)c2cccc(NC(=O)/C=C/c3ccccn3)c2)CC1. The Morgan fingerprint density at radius 3 is 2.59 bits per heavy atom. The van der Waals surface area contributed by atoms with Gasteiger partial charge >= 0.3 is 0 Å². The summed E-state index contributed by atoms with van der Waals surface area (Å²) in [5.74, 6) is -0.352. The first-order chi connectivity index (χ1) is 12.9. The molecule has 1 saturated heterocycles. The van der Waals surface area contributed by atoms with Crippen LogP contribution < -0.4 is 5.32 Å². The number of carbonyl (C=O) groups excluding carboxylic acids is 1. The average molecular weight is 386 g/mol. The molecule has 0 radical (unpaired) electrons. The maximum Gasteiger partial charge on any atom is 0.248 e. The van der Waals surface area contributed by atoms with Gasteiger partial charge in [-0.2, -0.15) is 4.31 Å². The van der Waals surface area contributed by atoms with E-state index in [0.717, 1.165) is 0 Å². The van der Waals surface area contributed by atoms with Gasteiger partial charge in [0, 0.05) is 44.1 Å². The third kappa shape index (κ3) is 5.00. The minimum Gasteiger partial charge on any atom is -0.322 e. The van der Waals surface area contributed by atoms with Gasteiger partial charge in [-0.25, -0.2) is 8.42 Å². The van der Waals surface area contributed by atoms with E-state index in [-0.39, 0.29) is 10.8 Å². The molecule has 1 aliphatic rings. The van der Waals surface area contributed by atoms with Crippen molar-refractivity contribution in [2.45, 2.75) is 4.90 Å². The molecular weight excluding hydrogens is 364 g/mol. The molecule has 0 atom stereocenters. The number of amides is 1. The molecule has 142 valence electrons. The van der Waals surface area contributed by atoms with Crippen LogP contribution in [0.25, 0.3) is 6.08 Å². The van der Waals surface area contributed by atoms with Gasteiger partial charge in [0.1, 0.15) is 0 Å². The quantitative estimate of drug-likeness (QED) is 0.791. The number of nitrogens with zero attached hydrogens (tertiary/aromatic N) is 3. The van der Waals surface area contributed by atoms with Gasteiger partial charge in [0.25, 0.3) is 0 Å². The van der Waals surface area contributed by atoms with Crippen molar-refractivity contribution in [2.75, 3.05) is 38.5 Å². The average Bonchev–Trinajstić information content (AvgIpc) is 2.68. The van der Waals surface area contributed by atoms with E-state index in [9.17, 15) is 13.2 Å². The second-order valence-electron chi connectivity index (χ2n) is 6.31. The van der Waals surface area contributed by atoms with E-state index >= 15 is 0 Å². The van der Waals surface area contributed by atoms with E-state index in [4.69, 9.17) is 0 Å². The second-order valence-corrected chi connectivity index (χ2v) is 8.25. The molecule has 1 aromatic carbocycles. The zero-order chi connectivity index (χ0) is 19.3. The predicted octanol–water partition coefficient (Wildman–Crippen LogP) is 1.67. The van der Waals surface area contributed by atoms with E-state index in [1.807, 2.05) is 13.1 Å². The summed E-state index contributed by atoms with van der Waals surface area (Å²) in [6, 6.07) is 11.7. The van der Waals surface area contributed by atoms with E-state index in [0.29, 0.717) is 37.6 Å². The molecule has 27 heavy (non-hydrogen) atoms. The van der Waals surface area contributed by atoms with Crippen LogP contribution in [0.2, 0.25) is 0 Å². The molecule has 1 aromatic heterocycles. The highest BCUT2D eigenvalue weighted by Gasteiger charge is 2.27. The first kappa shape index (κ1) is 19.2. The molecule has 8 heteroatoms. The molecule has 3 rings (SSSR count). The number of pyridine rings is 1. The zero-order valence-corrected chi connectivity index (χ0v) is 15.9. The third-order valence-corrected chi connectivity index (χ3v) is 6.19. The van der Waals surface area contributed by atoms with Crippen LogP contribution in [0.15, 0.2) is 59.6 Å². The van der Waals surface area contributed by atoms with Crippen LogP contribution in [0, 0.1) is 0 Å². The van der Waals surface area contributed by atoms with Crippen molar-refractivity contribution in [1.29, 1.82) is 0 Å². The summed E-state index contributed by atoms with van der Waals surface area (Å²) in [6.45, 7) is 2.33. The van der Waals surface area contributed by atoms with Crippen LogP contribution >= 0.6 is 0 Å². The Bertz CT molecular complexity index is 921. The molecule has 1 fully saturated rings. The number of anilines is 1. The number of benzene rings is 1. The topological polar surface area (TPSA) is 82.6 Å². The Kier molecular flexibility index (Phi) is 6.00. The number of rotatable bonds is 5. The van der Waals surface area contributed by atoms with E-state index in [1.54, 1.807) is 42.6 Å². The number of nitrogens with one attached hydrogen (secondary N) is 1. The maximum absolute atomic E-state index is 12.8. The van der Waals surface area contributed by atoms with Crippen LogP contribution in [0.4, 0.5) is 5.69 Å². The standard InChI is InChI=1S/C19H22N4O3S/c1-22-11-13-23(14-12-22)27(25,26)18-7-4-6-17(15-18)21-19(24)9-8-16-5-2-3-10-20-16/h2-10,15H,11-14H2,1H3,(H,21,24)/b9-8+. The lowest BCUT2D eigenvalue weighted by Gasteiger charge is -2.31. The smallest absolute Gasteiger partial charge is 0.248 e. The monoisotopic (exact) mass is 386 g/mol. The maximum atomic E-state index is 12.8. The summed E-state index contributed by atoms with van der Waals surface area (Å²) in [7, 11) is -1.60. The lowest BCUT2D eigenvalue weighted by Crippen LogP contribution is -2.47. The minimum absolute atomic E-state index is 0.179. The first-order valence-corrected chi connectivity index (χ1v) is 10.1. The minimum atomic E-state index is -3.57. The van der Waals surface area contributed by atoms with Gasteiger partial charge in [-0.3, -0.25) is 9.78 Å². The molecule has 0 aliphatic carbocycles. The number of hydrogen-bond donors (Lipinski definition) is 1. The van der Waals surface area contributed by atoms with Crippen LogP contribution in [0.1, 0.15) is 5.69 Å². The number of sulfonamides is 1. The fraction of sp³-hybridized carbons (Fsp3) is 0.263. The lowest BCUT2D eigenvalue weighted by molar-refractivity contribution is -0.111. The molecule has 0 unspecified atom stereocenters. The van der Waals surface area contributed by atoms with Gasteiger partial charge < -0.3 is 10.2 Å². The molecule has 7 nitrogen and oxygen atoms in total. The van der Waals surface area contributed by atoms with Crippen molar-refractivity contribution in [3.63, 3.8) is 0 Å². The lowest BCUT2D eigenvalue weighted by atomic mass is 10.3. The fourth-order valence-electron chi connectivity index (χ4n) is 2.73. The van der Waals surface area contributed by atoms with Gasteiger partial charge in [0.15, 0.2) is 0 Å². The van der Waals surface area contributed by atoms with Crippen LogP contribution in [0.5, 0.6) is 0 Å². The Balaban J connectivity index is 1.70. The van der Waals surface area contributed by atoms with Crippen LogP contribution in [0.3, 0.4) is 0 Å². The zero-order valence-electron chi connectivity index (χ0n) is 15.1. The Hall–Kier alpha value is -2.55. The molecule has 2 aromatic rings. The Morgan fingerprint density at radius 1 is 1.11 bits per heavy atom. The first-order valence-electron chi connectivity index (χ1n) is 8.64. The largest absolute Gasteiger partial charge is 0.322 e. The molecule has 0 spiro atoms. The van der Waals surface area contributed by atoms with Gasteiger partial charge in [-0.05, 0) is 43.5 Å². The van der Waals surface area contributed by atoms with Crippen molar-refractivity contribution in [1.82, 2.24) is 14.2 Å². The molecule has 2 heterocycles. The summed E-state index contributed by atoms with van der Waals surface area (Å²) in [4.78, 5) is 18.5. The van der Waals surface area contributed by atoms with E-state index in [1.165, 1.54) is 16.4 Å². The summed E-state index contributed by atoms with van der Waals surface area (Å²) < 4.78 is 27.1. The molecule has 1 aliphatic heterocycles. The van der Waals surface area contributed by atoms with Crippen molar-refractivity contribution < 1.29 is 13.2 Å². The summed E-state index contributed by atoms with van der Waals surface area (Å²) >= 11 is 0. The molecule has 1 N–H and O–H groups in total. The van der Waals surface area contributed by atoms with Crippen molar-refractivity contribution in [3.05, 3.63) is 60.4 Å². The summed E-state index contributed by atoms with van der Waals surface area (Å²) in [5, 5.41) is 2.69. The number of aromatic nitrogens is 1. The Labute approximate surface area is 159 Å². The van der Waals surface area contributed by atoms with E-state index < -0.39 is 10.0 Å². The highest BCUT2D eigenvalue weighted by Crippen LogP contribution is 2.20. The van der Waals surface area contributed by atoms with Crippen molar-refractivity contribution in [3.8, 4) is 0 Å². The molecule has 0 bridgehead atoms. The van der Waals surface area contributed by atoms with Crippen LogP contribution in [-0.4, -0.2) is 61.7 Å². The normalized spacial score (nSPS) is 16.5. The van der Waals surface area contributed by atoms with Crippen molar-refractivity contribution >= 4 is 27.7 Å². The van der Waals surface area contributed by atoms with Crippen molar-refractivity contribution in [2.24, 2.45) is 0 Å². The number of hydrogen-bond acceptors (Lipinski definition) is 5. The molecule has 0 saturated carbocycles. The number of likely N-dealkylation sites (N-methyl/N-ethyl adjacent to an activating group) is 1. The van der Waals surface area contributed by atoms with E-state index in [2.05, 4.69) is 15.2 Å². The molecular formula is C19H22N4O3S. The number of piperazine rings is 1. The van der Waals surface area contributed by atoms with Gasteiger partial charge in [-0.15, -0.1) is 0 Å². The summed E-state index contributed by atoms with van der Waals surface area (Å²) in [5.41, 5.74) is 1.10. The fourth-order valence-corrected chi connectivity index (χ4v) is 4.20. The Morgan fingerprint density at radius 2 is 1.89 bits per heavy atom. The summed E-state index contributed by atoms with van der Waals surface area (Å²) in [6.07, 6.45) is 4.61. The second kappa shape index (κ2) is 8.43. The highest BCUT2D eigenvalue weighted by atomic mass is 32.2. The molecule has 1 amide bonds. The number of carbonyl (C=O) groups is 1. The van der Waals surface area contributed by atoms with Crippen LogP contribution in [-0.2, 0) is 14.8 Å². The predicted molar refractivity (Wildman–Crippen MR) is 105 cm³/mol. The van der Waals surface area contributed by atoms with Gasteiger partial charge in [0.2, 0.25) is 15.9 Å². The van der Waals surface area contributed by atoms with Gasteiger partial charge in [-0.1, -0.05) is 12.1 Å².